The van der Waals surface area contributed by atoms with Crippen LogP contribution in [0, 0.1) is 0 Å². The van der Waals surface area contributed by atoms with Crippen molar-refractivity contribution in [2.45, 2.75) is 38.9 Å². The zero-order chi connectivity index (χ0) is 20.4. The number of hydrogen-bond donors (Lipinski definition) is 1. The van der Waals surface area contributed by atoms with Crippen molar-refractivity contribution in [1.82, 2.24) is 19.7 Å². The van der Waals surface area contributed by atoms with Gasteiger partial charge in [-0.2, -0.15) is 5.10 Å². The number of oxazole rings is 1. The average molecular weight is 397 g/mol. The molecular formula is C20H23N5O4. The van der Waals surface area contributed by atoms with Gasteiger partial charge in [0.2, 0.25) is 5.91 Å². The molecule has 1 N–H and O–H groups in total. The van der Waals surface area contributed by atoms with Crippen molar-refractivity contribution in [3.05, 3.63) is 57.3 Å². The number of carbonyl (C=O) groups excluding carboxylic acids is 1. The lowest BCUT2D eigenvalue weighted by Crippen LogP contribution is -2.49. The number of hydrogen-bond acceptors (Lipinski definition) is 6. The number of nitrogens with one attached hydrogen (secondary N) is 1. The number of aromatic nitrogens is 3. The predicted octanol–water partition coefficient (Wildman–Crippen LogP) is 0.956. The van der Waals surface area contributed by atoms with Crippen LogP contribution in [0.25, 0.3) is 11.1 Å². The van der Waals surface area contributed by atoms with Crippen molar-refractivity contribution < 1.29 is 9.21 Å². The molecule has 1 aliphatic rings. The molecule has 0 bridgehead atoms. The van der Waals surface area contributed by atoms with E-state index >= 15 is 0 Å². The summed E-state index contributed by atoms with van der Waals surface area (Å²) < 4.78 is 7.94. The molecular weight excluding hydrogens is 374 g/mol. The number of piperidine rings is 1. The number of aryl methyl sites for hydroxylation is 1. The van der Waals surface area contributed by atoms with Gasteiger partial charge in [-0.15, -0.1) is 0 Å². The van der Waals surface area contributed by atoms with Crippen LogP contribution in [0.15, 0.2) is 50.4 Å². The maximum absolute atomic E-state index is 12.6. The third-order valence-electron chi connectivity index (χ3n) is 5.14. The first-order valence-electron chi connectivity index (χ1n) is 9.76. The van der Waals surface area contributed by atoms with Gasteiger partial charge in [0.05, 0.1) is 5.52 Å². The van der Waals surface area contributed by atoms with Crippen LogP contribution in [0.1, 0.15) is 19.8 Å². The lowest BCUT2D eigenvalue weighted by molar-refractivity contribution is -0.122. The maximum Gasteiger partial charge on any atom is 0.420 e. The molecule has 1 aromatic carbocycles. The molecule has 1 unspecified atom stereocenters. The van der Waals surface area contributed by atoms with Crippen LogP contribution in [-0.4, -0.2) is 39.4 Å². The van der Waals surface area contributed by atoms with Gasteiger partial charge in [0, 0.05) is 31.7 Å². The molecule has 0 spiro atoms. The first-order valence-corrected chi connectivity index (χ1v) is 9.76. The molecule has 3 aromatic rings. The number of rotatable bonds is 5. The highest BCUT2D eigenvalue weighted by atomic mass is 16.4. The number of para-hydroxylation sites is 2. The van der Waals surface area contributed by atoms with Crippen molar-refractivity contribution in [3.63, 3.8) is 0 Å². The van der Waals surface area contributed by atoms with E-state index in [1.165, 1.54) is 15.3 Å². The van der Waals surface area contributed by atoms with Crippen LogP contribution >= 0.6 is 0 Å². The number of fused-ring (bicyclic) bond motifs is 1. The monoisotopic (exact) mass is 397 g/mol. The fourth-order valence-corrected chi connectivity index (χ4v) is 3.72. The molecule has 2 aromatic heterocycles. The summed E-state index contributed by atoms with van der Waals surface area (Å²) in [5.74, 6) is -0.0583. The third kappa shape index (κ3) is 3.94. The van der Waals surface area contributed by atoms with Gasteiger partial charge in [-0.3, -0.25) is 14.2 Å². The summed E-state index contributed by atoms with van der Waals surface area (Å²) in [7, 11) is 0. The lowest BCUT2D eigenvalue weighted by atomic mass is 10.1. The summed E-state index contributed by atoms with van der Waals surface area (Å²) in [6, 6.07) is 10.2. The topological polar surface area (TPSA) is 102 Å². The van der Waals surface area contributed by atoms with Gasteiger partial charge in [-0.1, -0.05) is 12.1 Å². The Morgan fingerprint density at radius 3 is 2.90 bits per heavy atom. The highest BCUT2D eigenvalue weighted by Gasteiger charge is 2.23. The first kappa shape index (κ1) is 19.0. The lowest BCUT2D eigenvalue weighted by Gasteiger charge is -2.34. The number of nitrogens with zero attached hydrogens (tertiary/aromatic N) is 4. The largest absolute Gasteiger partial charge is 0.420 e. The summed E-state index contributed by atoms with van der Waals surface area (Å²) in [6.45, 7) is 3.70. The van der Waals surface area contributed by atoms with Gasteiger partial charge in [0.25, 0.3) is 5.56 Å². The molecule has 1 fully saturated rings. The fraction of sp³-hybridized carbons (Fsp3) is 0.400. The summed E-state index contributed by atoms with van der Waals surface area (Å²) >= 11 is 0. The Hall–Kier alpha value is -3.36. The van der Waals surface area contributed by atoms with Crippen molar-refractivity contribution in [2.24, 2.45) is 0 Å². The molecule has 1 saturated heterocycles. The SMILES string of the molecule is CCn1nc(N2CCCC(NC(=O)Cn3c(=O)oc4ccccc43)C2)ccc1=O. The second-order valence-electron chi connectivity index (χ2n) is 7.12. The van der Waals surface area contributed by atoms with E-state index in [0.29, 0.717) is 24.2 Å². The quantitative estimate of drug-likeness (QED) is 0.688. The van der Waals surface area contributed by atoms with Crippen molar-refractivity contribution in [3.8, 4) is 0 Å². The first-order chi connectivity index (χ1) is 14.0. The molecule has 9 heteroatoms. The molecule has 0 aliphatic carbocycles. The highest BCUT2D eigenvalue weighted by molar-refractivity contribution is 5.79. The molecule has 1 atom stereocenters. The highest BCUT2D eigenvalue weighted by Crippen LogP contribution is 2.17. The van der Waals surface area contributed by atoms with Crippen molar-refractivity contribution in [2.75, 3.05) is 18.0 Å². The van der Waals surface area contributed by atoms with Crippen LogP contribution in [0.3, 0.4) is 0 Å². The zero-order valence-electron chi connectivity index (χ0n) is 16.2. The molecule has 9 nitrogen and oxygen atoms in total. The van der Waals surface area contributed by atoms with Crippen LogP contribution < -0.4 is 21.5 Å². The summed E-state index contributed by atoms with van der Waals surface area (Å²) in [6.07, 6.45) is 1.74. The predicted molar refractivity (Wildman–Crippen MR) is 108 cm³/mol. The minimum absolute atomic E-state index is 0.0612. The van der Waals surface area contributed by atoms with E-state index in [1.54, 1.807) is 30.3 Å². The van der Waals surface area contributed by atoms with E-state index in [1.807, 2.05) is 6.92 Å². The number of benzene rings is 1. The molecule has 0 radical (unpaired) electrons. The minimum atomic E-state index is -0.544. The van der Waals surface area contributed by atoms with E-state index in [2.05, 4.69) is 15.3 Å². The van der Waals surface area contributed by atoms with Gasteiger partial charge < -0.3 is 14.6 Å². The van der Waals surface area contributed by atoms with E-state index in [0.717, 1.165) is 25.2 Å². The standard InChI is InChI=1S/C20H23N5O4/c1-2-25-19(27)10-9-17(22-25)23-11-5-6-14(12-23)21-18(26)13-24-15-7-3-4-8-16(15)29-20(24)28/h3-4,7-10,14H,2,5-6,11-13H2,1H3,(H,21,26). The Morgan fingerprint density at radius 2 is 2.07 bits per heavy atom. The minimum Gasteiger partial charge on any atom is -0.408 e. The van der Waals surface area contributed by atoms with Crippen LogP contribution in [0.2, 0.25) is 0 Å². The number of carbonyl (C=O) groups is 1. The summed E-state index contributed by atoms with van der Waals surface area (Å²) in [5.41, 5.74) is 0.936. The Bertz CT molecular complexity index is 1150. The van der Waals surface area contributed by atoms with Crippen LogP contribution in [-0.2, 0) is 17.9 Å². The van der Waals surface area contributed by atoms with E-state index in [9.17, 15) is 14.4 Å². The average Bonchev–Trinajstić information content (AvgIpc) is 3.03. The van der Waals surface area contributed by atoms with Crippen molar-refractivity contribution >= 4 is 22.8 Å². The molecule has 29 heavy (non-hydrogen) atoms. The molecule has 3 heterocycles. The zero-order valence-corrected chi connectivity index (χ0v) is 16.2. The third-order valence-corrected chi connectivity index (χ3v) is 5.14. The number of anilines is 1. The smallest absolute Gasteiger partial charge is 0.408 e. The van der Waals surface area contributed by atoms with Crippen molar-refractivity contribution in [1.29, 1.82) is 0 Å². The summed E-state index contributed by atoms with van der Waals surface area (Å²) in [5, 5.41) is 7.40. The Kier molecular flexibility index (Phi) is 5.20. The second-order valence-corrected chi connectivity index (χ2v) is 7.12. The molecule has 152 valence electrons. The van der Waals surface area contributed by atoms with Gasteiger partial charge in [0.1, 0.15) is 12.4 Å². The van der Waals surface area contributed by atoms with E-state index < -0.39 is 5.76 Å². The van der Waals surface area contributed by atoms with Crippen LogP contribution in [0.5, 0.6) is 0 Å². The Morgan fingerprint density at radius 1 is 1.24 bits per heavy atom. The van der Waals surface area contributed by atoms with Crippen LogP contribution in [0.4, 0.5) is 5.82 Å². The summed E-state index contributed by atoms with van der Waals surface area (Å²) in [4.78, 5) is 38.5. The second kappa shape index (κ2) is 7.94. The normalized spacial score (nSPS) is 16.9. The molecule has 1 amide bonds. The van der Waals surface area contributed by atoms with Gasteiger partial charge in [-0.25, -0.2) is 9.48 Å². The fourth-order valence-electron chi connectivity index (χ4n) is 3.72. The Labute approximate surface area is 166 Å². The Balaban J connectivity index is 1.44. The van der Waals surface area contributed by atoms with E-state index in [-0.39, 0.29) is 24.1 Å². The molecule has 4 rings (SSSR count). The maximum atomic E-state index is 12.6. The van der Waals surface area contributed by atoms with Gasteiger partial charge in [0.15, 0.2) is 5.58 Å². The van der Waals surface area contributed by atoms with E-state index in [4.69, 9.17) is 4.42 Å². The molecule has 0 saturated carbocycles. The molecule has 1 aliphatic heterocycles. The van der Waals surface area contributed by atoms with Gasteiger partial charge in [-0.05, 0) is 38.0 Å². The number of amides is 1. The van der Waals surface area contributed by atoms with Gasteiger partial charge >= 0.3 is 5.76 Å².